The number of hydrogen-bond donors (Lipinski definition) is 0. The molecule has 0 aromatic heterocycles. The molecule has 1 heterocycles. The second kappa shape index (κ2) is 5.06. The molecule has 110 valence electrons. The highest BCUT2D eigenvalue weighted by Gasteiger charge is 2.45. The monoisotopic (exact) mass is 299 g/mol. The molecule has 1 aromatic carbocycles. The van der Waals surface area contributed by atoms with Gasteiger partial charge in [0, 0.05) is 0 Å². The Bertz CT molecular complexity index is 591. The van der Waals surface area contributed by atoms with Crippen LogP contribution in [0.15, 0.2) is 30.3 Å². The zero-order chi connectivity index (χ0) is 15.0. The first kappa shape index (κ1) is 14.8. The summed E-state index contributed by atoms with van der Waals surface area (Å²) >= 11 is 0. The summed E-state index contributed by atoms with van der Waals surface area (Å²) in [6, 6.07) is 8.14. The maximum absolute atomic E-state index is 12.1. The lowest BCUT2D eigenvalue weighted by molar-refractivity contribution is 0.0356. The third-order valence-corrected chi connectivity index (χ3v) is 3.98. The zero-order valence-electron chi connectivity index (χ0n) is 11.6. The number of rotatable bonds is 1. The number of benzene rings is 1. The summed E-state index contributed by atoms with van der Waals surface area (Å²) in [5, 5.41) is 0. The fourth-order valence-corrected chi connectivity index (χ4v) is 2.99. The molecular weight excluding hydrogens is 282 g/mol. The molecular formula is C13H17NO5S. The molecule has 1 amide bonds. The predicted octanol–water partition coefficient (Wildman–Crippen LogP) is 2.24. The number of nitrogens with zero attached hydrogens (tertiary/aromatic N) is 1. The van der Waals surface area contributed by atoms with Crippen LogP contribution in [0.4, 0.5) is 4.79 Å². The molecule has 20 heavy (non-hydrogen) atoms. The van der Waals surface area contributed by atoms with Crippen LogP contribution in [0.3, 0.4) is 0 Å². The van der Waals surface area contributed by atoms with E-state index in [0.717, 1.165) is 0 Å². The SMILES string of the molecule is CC(C)(C)OC(=O)N1[C@H](c2ccccc2)COS1(=O)=O. The molecule has 6 nitrogen and oxygen atoms in total. The first-order valence-corrected chi connectivity index (χ1v) is 7.54. The zero-order valence-corrected chi connectivity index (χ0v) is 12.4. The Morgan fingerprint density at radius 3 is 2.45 bits per heavy atom. The smallest absolute Gasteiger partial charge is 0.426 e. The van der Waals surface area contributed by atoms with E-state index in [4.69, 9.17) is 8.92 Å². The van der Waals surface area contributed by atoms with Crippen molar-refractivity contribution in [2.45, 2.75) is 32.4 Å². The molecule has 1 aromatic rings. The van der Waals surface area contributed by atoms with Crippen molar-refractivity contribution in [3.05, 3.63) is 35.9 Å². The molecule has 1 aliphatic heterocycles. The van der Waals surface area contributed by atoms with E-state index in [0.29, 0.717) is 9.87 Å². The molecule has 7 heteroatoms. The van der Waals surface area contributed by atoms with Crippen LogP contribution in [0.1, 0.15) is 32.4 Å². The Morgan fingerprint density at radius 2 is 1.90 bits per heavy atom. The lowest BCUT2D eigenvalue weighted by Crippen LogP contribution is -2.39. The minimum Gasteiger partial charge on any atom is -0.443 e. The molecule has 0 unspecified atom stereocenters. The fraction of sp³-hybridized carbons (Fsp3) is 0.462. The number of hydrogen-bond acceptors (Lipinski definition) is 5. The van der Waals surface area contributed by atoms with Crippen molar-refractivity contribution in [3.63, 3.8) is 0 Å². The van der Waals surface area contributed by atoms with Crippen LogP contribution in [-0.4, -0.2) is 31.0 Å². The van der Waals surface area contributed by atoms with Gasteiger partial charge in [-0.1, -0.05) is 30.3 Å². The van der Waals surface area contributed by atoms with Gasteiger partial charge in [-0.05, 0) is 26.3 Å². The van der Waals surface area contributed by atoms with Crippen molar-refractivity contribution in [2.75, 3.05) is 6.61 Å². The lowest BCUT2D eigenvalue weighted by Gasteiger charge is -2.26. The van der Waals surface area contributed by atoms with Crippen LogP contribution in [0.2, 0.25) is 0 Å². The van der Waals surface area contributed by atoms with Crippen molar-refractivity contribution < 1.29 is 22.1 Å². The quantitative estimate of drug-likeness (QED) is 0.795. The number of amides is 1. The molecule has 0 spiro atoms. The molecule has 2 rings (SSSR count). The van der Waals surface area contributed by atoms with Crippen LogP contribution < -0.4 is 0 Å². The van der Waals surface area contributed by atoms with Gasteiger partial charge in [0.15, 0.2) is 0 Å². The van der Waals surface area contributed by atoms with Crippen molar-refractivity contribution in [1.29, 1.82) is 0 Å². The van der Waals surface area contributed by atoms with Gasteiger partial charge in [-0.3, -0.25) is 4.18 Å². The molecule has 1 fully saturated rings. The average molecular weight is 299 g/mol. The van der Waals surface area contributed by atoms with E-state index in [1.165, 1.54) is 0 Å². The molecule has 1 aliphatic rings. The standard InChI is InChI=1S/C13H17NO5S/c1-13(2,3)19-12(15)14-11(9-18-20(14,16)17)10-7-5-4-6-8-10/h4-8,11H,9H2,1-3H3/t11-/m0/s1. The van der Waals surface area contributed by atoms with Crippen molar-refractivity contribution in [2.24, 2.45) is 0 Å². The fourth-order valence-electron chi connectivity index (χ4n) is 1.86. The average Bonchev–Trinajstić information content (AvgIpc) is 2.64. The van der Waals surface area contributed by atoms with Gasteiger partial charge in [0.1, 0.15) is 11.6 Å². The molecule has 1 atom stereocenters. The molecule has 1 saturated heterocycles. The van der Waals surface area contributed by atoms with E-state index in [1.807, 2.05) is 6.07 Å². The topological polar surface area (TPSA) is 72.9 Å². The maximum atomic E-state index is 12.1. The van der Waals surface area contributed by atoms with Crippen LogP contribution >= 0.6 is 0 Å². The largest absolute Gasteiger partial charge is 0.443 e. The summed E-state index contributed by atoms with van der Waals surface area (Å²) < 4.78 is 34.3. The van der Waals surface area contributed by atoms with Crippen LogP contribution in [0.25, 0.3) is 0 Å². The first-order valence-electron chi connectivity index (χ1n) is 6.17. The molecule has 0 saturated carbocycles. The van der Waals surface area contributed by atoms with E-state index in [2.05, 4.69) is 0 Å². The highest BCUT2D eigenvalue weighted by Crippen LogP contribution is 2.32. The van der Waals surface area contributed by atoms with Crippen molar-refractivity contribution >= 4 is 16.4 Å². The summed E-state index contributed by atoms with van der Waals surface area (Å²) in [4.78, 5) is 12.1. The maximum Gasteiger partial charge on any atom is 0.426 e. The minimum absolute atomic E-state index is 0.106. The predicted molar refractivity (Wildman–Crippen MR) is 72.1 cm³/mol. The van der Waals surface area contributed by atoms with E-state index in [-0.39, 0.29) is 6.61 Å². The Kier molecular flexibility index (Phi) is 3.75. The number of ether oxygens (including phenoxy) is 1. The number of carbonyl (C=O) groups is 1. The third kappa shape index (κ3) is 3.10. The van der Waals surface area contributed by atoms with Gasteiger partial charge in [0.05, 0.1) is 6.61 Å². The third-order valence-electron chi connectivity index (χ3n) is 2.66. The van der Waals surface area contributed by atoms with Gasteiger partial charge in [-0.2, -0.15) is 12.7 Å². The van der Waals surface area contributed by atoms with Crippen LogP contribution in [0, 0.1) is 0 Å². The van der Waals surface area contributed by atoms with Gasteiger partial charge in [0.25, 0.3) is 0 Å². The number of carbonyl (C=O) groups excluding carboxylic acids is 1. The van der Waals surface area contributed by atoms with Gasteiger partial charge < -0.3 is 4.74 Å². The molecule has 0 N–H and O–H groups in total. The highest BCUT2D eigenvalue weighted by molar-refractivity contribution is 7.85. The highest BCUT2D eigenvalue weighted by atomic mass is 32.2. The van der Waals surface area contributed by atoms with Crippen molar-refractivity contribution in [3.8, 4) is 0 Å². The van der Waals surface area contributed by atoms with E-state index in [9.17, 15) is 13.2 Å². The summed E-state index contributed by atoms with van der Waals surface area (Å²) in [7, 11) is -4.10. The van der Waals surface area contributed by atoms with Crippen LogP contribution in [-0.2, 0) is 19.2 Å². The minimum atomic E-state index is -4.10. The lowest BCUT2D eigenvalue weighted by atomic mass is 10.1. The van der Waals surface area contributed by atoms with E-state index in [1.54, 1.807) is 45.0 Å². The second-order valence-corrected chi connectivity index (χ2v) is 6.93. The van der Waals surface area contributed by atoms with E-state index < -0.39 is 28.0 Å². The van der Waals surface area contributed by atoms with Gasteiger partial charge in [0.2, 0.25) is 0 Å². The van der Waals surface area contributed by atoms with Crippen LogP contribution in [0.5, 0.6) is 0 Å². The summed E-state index contributed by atoms with van der Waals surface area (Å²) in [5.74, 6) is 0. The summed E-state index contributed by atoms with van der Waals surface area (Å²) in [5.41, 5.74) is -0.101. The molecule has 0 aliphatic carbocycles. The van der Waals surface area contributed by atoms with Gasteiger partial charge >= 0.3 is 16.4 Å². The van der Waals surface area contributed by atoms with Gasteiger partial charge in [-0.25, -0.2) is 4.79 Å². The van der Waals surface area contributed by atoms with E-state index >= 15 is 0 Å². The summed E-state index contributed by atoms with van der Waals surface area (Å²) in [6.45, 7) is 4.91. The summed E-state index contributed by atoms with van der Waals surface area (Å²) in [6.07, 6.45) is -0.927. The normalized spacial score (nSPS) is 21.8. The molecule has 0 radical (unpaired) electrons. The van der Waals surface area contributed by atoms with Gasteiger partial charge in [-0.15, -0.1) is 0 Å². The Balaban J connectivity index is 2.32. The Morgan fingerprint density at radius 1 is 1.30 bits per heavy atom. The Hall–Kier alpha value is -1.60. The second-order valence-electron chi connectivity index (χ2n) is 5.44. The van der Waals surface area contributed by atoms with Crippen molar-refractivity contribution in [1.82, 2.24) is 4.31 Å². The molecule has 0 bridgehead atoms. The Labute approximate surface area is 118 Å². The first-order chi connectivity index (χ1) is 9.21.